The lowest BCUT2D eigenvalue weighted by Crippen LogP contribution is -2.13. The molecule has 1 aromatic heterocycles. The summed E-state index contributed by atoms with van der Waals surface area (Å²) in [5.41, 5.74) is 3.97. The second-order valence-corrected chi connectivity index (χ2v) is 3.15. The van der Waals surface area contributed by atoms with Crippen molar-refractivity contribution in [2.24, 2.45) is 5.73 Å². The number of halogens is 3. The topological polar surface area (TPSA) is 76.2 Å². The van der Waals surface area contributed by atoms with Crippen LogP contribution in [0.2, 0.25) is 0 Å². The van der Waals surface area contributed by atoms with Gasteiger partial charge in [-0.1, -0.05) is 0 Å². The van der Waals surface area contributed by atoms with E-state index in [1.54, 1.807) is 0 Å². The molecule has 1 heterocycles. The molecule has 1 rings (SSSR count). The highest BCUT2D eigenvalue weighted by molar-refractivity contribution is 9.10. The standard InChI is InChI=1S/C7H5BrF2N2O2/c8-5-2(7(11)14)1-3(13)4(12-5)6(9)10/h1,6,13H,(H2,11,14). The van der Waals surface area contributed by atoms with E-state index in [9.17, 15) is 13.6 Å². The van der Waals surface area contributed by atoms with Gasteiger partial charge in [0.15, 0.2) is 0 Å². The Hall–Kier alpha value is -1.24. The molecule has 7 heteroatoms. The molecule has 4 nitrogen and oxygen atoms in total. The summed E-state index contributed by atoms with van der Waals surface area (Å²) in [7, 11) is 0. The maximum absolute atomic E-state index is 12.2. The Kier molecular flexibility index (Phi) is 3.00. The fraction of sp³-hybridized carbons (Fsp3) is 0.143. The molecule has 0 unspecified atom stereocenters. The van der Waals surface area contributed by atoms with Crippen LogP contribution in [0.5, 0.6) is 5.75 Å². The zero-order valence-corrected chi connectivity index (χ0v) is 8.25. The normalized spacial score (nSPS) is 10.6. The van der Waals surface area contributed by atoms with Crippen molar-refractivity contribution in [1.82, 2.24) is 4.98 Å². The smallest absolute Gasteiger partial charge is 0.284 e. The number of carbonyl (C=O) groups excluding carboxylic acids is 1. The summed E-state index contributed by atoms with van der Waals surface area (Å²) < 4.78 is 24.2. The SMILES string of the molecule is NC(=O)c1cc(O)c(C(F)F)nc1Br. The van der Waals surface area contributed by atoms with Gasteiger partial charge >= 0.3 is 0 Å². The van der Waals surface area contributed by atoms with Crippen LogP contribution in [0, 0.1) is 0 Å². The number of amides is 1. The van der Waals surface area contributed by atoms with Crippen molar-refractivity contribution in [3.8, 4) is 5.75 Å². The number of rotatable bonds is 2. The maximum Gasteiger partial charge on any atom is 0.284 e. The van der Waals surface area contributed by atoms with Crippen molar-refractivity contribution in [3.05, 3.63) is 21.9 Å². The molecule has 1 amide bonds. The number of hydrogen-bond acceptors (Lipinski definition) is 3. The summed E-state index contributed by atoms with van der Waals surface area (Å²) in [5, 5.41) is 9.06. The number of carbonyl (C=O) groups is 1. The summed E-state index contributed by atoms with van der Waals surface area (Å²) in [5.74, 6) is -1.61. The lowest BCUT2D eigenvalue weighted by atomic mass is 10.2. The van der Waals surface area contributed by atoms with E-state index >= 15 is 0 Å². The minimum Gasteiger partial charge on any atom is -0.506 e. The third-order valence-electron chi connectivity index (χ3n) is 1.46. The van der Waals surface area contributed by atoms with Crippen molar-refractivity contribution >= 4 is 21.8 Å². The Morgan fingerprint density at radius 2 is 2.21 bits per heavy atom. The quantitative estimate of drug-likeness (QED) is 0.799. The van der Waals surface area contributed by atoms with Crippen molar-refractivity contribution < 1.29 is 18.7 Å². The van der Waals surface area contributed by atoms with Crippen molar-refractivity contribution in [2.75, 3.05) is 0 Å². The number of hydrogen-bond donors (Lipinski definition) is 2. The summed E-state index contributed by atoms with van der Waals surface area (Å²) in [6.07, 6.45) is -2.91. The van der Waals surface area contributed by atoms with Gasteiger partial charge in [0.25, 0.3) is 12.3 Å². The molecule has 3 N–H and O–H groups in total. The van der Waals surface area contributed by atoms with Crippen LogP contribution >= 0.6 is 15.9 Å². The van der Waals surface area contributed by atoms with Gasteiger partial charge in [-0.3, -0.25) is 4.79 Å². The number of pyridine rings is 1. The molecule has 76 valence electrons. The fourth-order valence-electron chi connectivity index (χ4n) is 0.827. The number of aromatic hydroxyl groups is 1. The van der Waals surface area contributed by atoms with Gasteiger partial charge in [-0.25, -0.2) is 13.8 Å². The van der Waals surface area contributed by atoms with Crippen LogP contribution < -0.4 is 5.73 Å². The van der Waals surface area contributed by atoms with E-state index in [0.29, 0.717) is 0 Å². The van der Waals surface area contributed by atoms with Crippen molar-refractivity contribution in [2.45, 2.75) is 6.43 Å². The second kappa shape index (κ2) is 3.87. The third kappa shape index (κ3) is 1.98. The van der Waals surface area contributed by atoms with Crippen LogP contribution in [0.3, 0.4) is 0 Å². The molecule has 0 radical (unpaired) electrons. The van der Waals surface area contributed by atoms with Gasteiger partial charge < -0.3 is 10.8 Å². The van der Waals surface area contributed by atoms with Crippen LogP contribution in [0.1, 0.15) is 22.5 Å². The van der Waals surface area contributed by atoms with Gasteiger partial charge in [-0.2, -0.15) is 0 Å². The average molecular weight is 267 g/mol. The summed E-state index contributed by atoms with van der Waals surface area (Å²) in [4.78, 5) is 14.0. The molecule has 0 fully saturated rings. The highest BCUT2D eigenvalue weighted by atomic mass is 79.9. The average Bonchev–Trinajstić information content (AvgIpc) is 2.07. The van der Waals surface area contributed by atoms with Gasteiger partial charge in [-0.05, 0) is 22.0 Å². The van der Waals surface area contributed by atoms with Crippen LogP contribution in [-0.2, 0) is 0 Å². The molecular weight excluding hydrogens is 262 g/mol. The number of aromatic nitrogens is 1. The molecule has 0 bridgehead atoms. The molecule has 0 aliphatic rings. The van der Waals surface area contributed by atoms with E-state index in [2.05, 4.69) is 20.9 Å². The lowest BCUT2D eigenvalue weighted by Gasteiger charge is -2.05. The number of primary amides is 1. The van der Waals surface area contributed by atoms with Crippen LogP contribution in [0.4, 0.5) is 8.78 Å². The molecule has 0 atom stereocenters. The van der Waals surface area contributed by atoms with Gasteiger partial charge in [-0.15, -0.1) is 0 Å². The first-order valence-electron chi connectivity index (χ1n) is 3.41. The molecule has 0 saturated carbocycles. The third-order valence-corrected chi connectivity index (χ3v) is 2.06. The first kappa shape index (κ1) is 10.8. The van der Waals surface area contributed by atoms with Crippen LogP contribution in [0.15, 0.2) is 10.7 Å². The maximum atomic E-state index is 12.2. The fourth-order valence-corrected chi connectivity index (χ4v) is 1.33. The van der Waals surface area contributed by atoms with Crippen molar-refractivity contribution in [1.29, 1.82) is 0 Å². The Balaban J connectivity index is 3.31. The molecule has 0 spiro atoms. The van der Waals surface area contributed by atoms with Crippen LogP contribution in [0.25, 0.3) is 0 Å². The Labute approximate surface area is 85.9 Å². The van der Waals surface area contributed by atoms with Gasteiger partial charge in [0.05, 0.1) is 5.56 Å². The van der Waals surface area contributed by atoms with Crippen molar-refractivity contribution in [3.63, 3.8) is 0 Å². The number of nitrogens with two attached hydrogens (primary N) is 1. The van der Waals surface area contributed by atoms with Gasteiger partial charge in [0.2, 0.25) is 0 Å². The minimum atomic E-state index is -2.91. The molecule has 0 saturated heterocycles. The van der Waals surface area contributed by atoms with E-state index in [-0.39, 0.29) is 10.2 Å². The lowest BCUT2D eigenvalue weighted by molar-refractivity contribution is 0.0997. The number of nitrogens with zero attached hydrogens (tertiary/aromatic N) is 1. The summed E-state index contributed by atoms with van der Waals surface area (Å²) in [6, 6.07) is 0.848. The number of alkyl halides is 2. The predicted octanol–water partition coefficient (Wildman–Crippen LogP) is 1.59. The summed E-state index contributed by atoms with van der Waals surface area (Å²) in [6.45, 7) is 0. The zero-order valence-electron chi connectivity index (χ0n) is 6.67. The molecule has 1 aromatic rings. The molecule has 0 aromatic carbocycles. The molecule has 0 aliphatic heterocycles. The van der Waals surface area contributed by atoms with E-state index in [4.69, 9.17) is 10.8 Å². The van der Waals surface area contributed by atoms with Gasteiger partial charge in [0, 0.05) is 0 Å². The largest absolute Gasteiger partial charge is 0.506 e. The van der Waals surface area contributed by atoms with Gasteiger partial charge in [0.1, 0.15) is 16.0 Å². The van der Waals surface area contributed by atoms with E-state index in [0.717, 1.165) is 6.07 Å². The summed E-state index contributed by atoms with van der Waals surface area (Å²) >= 11 is 2.79. The Bertz CT molecular complexity index is 384. The van der Waals surface area contributed by atoms with Crippen LogP contribution in [-0.4, -0.2) is 16.0 Å². The monoisotopic (exact) mass is 266 g/mol. The highest BCUT2D eigenvalue weighted by Crippen LogP contribution is 2.29. The zero-order chi connectivity index (χ0) is 10.9. The second-order valence-electron chi connectivity index (χ2n) is 2.40. The Morgan fingerprint density at radius 1 is 1.64 bits per heavy atom. The van der Waals surface area contributed by atoms with E-state index < -0.39 is 23.8 Å². The minimum absolute atomic E-state index is 0.113. The predicted molar refractivity (Wildman–Crippen MR) is 47.1 cm³/mol. The first-order chi connectivity index (χ1) is 6.43. The first-order valence-corrected chi connectivity index (χ1v) is 4.20. The highest BCUT2D eigenvalue weighted by Gasteiger charge is 2.19. The van der Waals surface area contributed by atoms with E-state index in [1.807, 2.05) is 0 Å². The molecule has 14 heavy (non-hydrogen) atoms. The van der Waals surface area contributed by atoms with E-state index in [1.165, 1.54) is 0 Å². The molecule has 0 aliphatic carbocycles. The Morgan fingerprint density at radius 3 is 2.64 bits per heavy atom. The molecular formula is C7H5BrF2N2O2.